The summed E-state index contributed by atoms with van der Waals surface area (Å²) in [5.41, 5.74) is 0.0245. The van der Waals surface area contributed by atoms with Crippen LogP contribution in [-0.2, 0) is 9.53 Å². The Kier molecular flexibility index (Phi) is 4.63. The van der Waals surface area contributed by atoms with Crippen LogP contribution in [0.15, 0.2) is 0 Å². The Morgan fingerprint density at radius 2 is 1.95 bits per heavy atom. The summed E-state index contributed by atoms with van der Waals surface area (Å²) in [6, 6.07) is -0.661. The average molecular weight is 311 g/mol. The number of nitro groups is 1. The third kappa shape index (κ3) is 3.25. The van der Waals surface area contributed by atoms with E-state index < -0.39 is 12.0 Å². The Bertz CT molecular complexity index is 431. The minimum atomic E-state index is -0.661. The molecule has 2 saturated carbocycles. The molecule has 2 atom stereocenters. The molecule has 0 aromatic carbocycles. The molecule has 0 spiro atoms. The van der Waals surface area contributed by atoms with Crippen molar-refractivity contribution < 1.29 is 14.5 Å². The molecule has 0 unspecified atom stereocenters. The number of ether oxygens (including phenoxy) is 1. The number of nitrogens with one attached hydrogen (secondary N) is 1. The molecule has 3 fully saturated rings. The Labute approximate surface area is 130 Å². The fourth-order valence-electron chi connectivity index (χ4n) is 3.93. The van der Waals surface area contributed by atoms with Gasteiger partial charge in [0.05, 0.1) is 13.2 Å². The maximum atomic E-state index is 12.1. The van der Waals surface area contributed by atoms with E-state index in [4.69, 9.17) is 4.74 Å². The van der Waals surface area contributed by atoms with Crippen LogP contribution < -0.4 is 5.32 Å². The van der Waals surface area contributed by atoms with Gasteiger partial charge in [-0.1, -0.05) is 19.3 Å². The number of rotatable bonds is 5. The number of amides is 1. The first kappa shape index (κ1) is 15.7. The Hall–Kier alpha value is -1.21. The molecule has 1 amide bonds. The highest BCUT2D eigenvalue weighted by Crippen LogP contribution is 2.36. The summed E-state index contributed by atoms with van der Waals surface area (Å²) in [5, 5.41) is 13.7. The first-order valence-electron chi connectivity index (χ1n) is 8.36. The lowest BCUT2D eigenvalue weighted by Crippen LogP contribution is -2.59. The van der Waals surface area contributed by atoms with Crippen molar-refractivity contribution in [2.45, 2.75) is 50.1 Å². The number of hydrogen-bond acceptors (Lipinski definition) is 5. The predicted molar refractivity (Wildman–Crippen MR) is 80.1 cm³/mol. The van der Waals surface area contributed by atoms with Crippen molar-refractivity contribution >= 4 is 5.91 Å². The highest BCUT2D eigenvalue weighted by atomic mass is 16.6. The maximum absolute atomic E-state index is 12.1. The van der Waals surface area contributed by atoms with Crippen LogP contribution in [0.4, 0.5) is 0 Å². The normalized spacial score (nSPS) is 31.5. The van der Waals surface area contributed by atoms with Gasteiger partial charge in [0.25, 0.3) is 0 Å². The summed E-state index contributed by atoms with van der Waals surface area (Å²) in [7, 11) is 0. The van der Waals surface area contributed by atoms with Crippen molar-refractivity contribution in [1.29, 1.82) is 0 Å². The molecule has 1 N–H and O–H groups in total. The van der Waals surface area contributed by atoms with Crippen LogP contribution in [0.2, 0.25) is 0 Å². The van der Waals surface area contributed by atoms with E-state index in [0.717, 1.165) is 39.1 Å². The van der Waals surface area contributed by atoms with Gasteiger partial charge >= 0.3 is 0 Å². The second-order valence-electron chi connectivity index (χ2n) is 6.80. The summed E-state index contributed by atoms with van der Waals surface area (Å²) >= 11 is 0. The van der Waals surface area contributed by atoms with Gasteiger partial charge in [0.2, 0.25) is 11.9 Å². The molecule has 7 nitrogen and oxygen atoms in total. The van der Waals surface area contributed by atoms with Gasteiger partial charge in [-0.25, -0.2) is 0 Å². The second kappa shape index (κ2) is 6.50. The molecule has 7 heteroatoms. The van der Waals surface area contributed by atoms with E-state index >= 15 is 0 Å². The first-order valence-corrected chi connectivity index (χ1v) is 8.36. The number of carbonyl (C=O) groups is 1. The molecular formula is C15H25N3O4. The monoisotopic (exact) mass is 311 g/mol. The van der Waals surface area contributed by atoms with Crippen LogP contribution in [0.3, 0.4) is 0 Å². The third-order valence-corrected chi connectivity index (χ3v) is 5.42. The van der Waals surface area contributed by atoms with Crippen LogP contribution in [-0.4, -0.2) is 60.2 Å². The molecule has 1 saturated heterocycles. The van der Waals surface area contributed by atoms with E-state index in [2.05, 4.69) is 10.2 Å². The largest absolute Gasteiger partial charge is 0.379 e. The first-order chi connectivity index (χ1) is 10.6. The zero-order chi connectivity index (χ0) is 15.6. The zero-order valence-corrected chi connectivity index (χ0v) is 13.0. The maximum Gasteiger partial charge on any atom is 0.230 e. The van der Waals surface area contributed by atoms with Gasteiger partial charge in [0, 0.05) is 36.5 Å². The van der Waals surface area contributed by atoms with Crippen LogP contribution in [0.25, 0.3) is 0 Å². The lowest BCUT2D eigenvalue weighted by atomic mass is 9.79. The van der Waals surface area contributed by atoms with Gasteiger partial charge in [-0.15, -0.1) is 0 Å². The third-order valence-electron chi connectivity index (χ3n) is 5.42. The zero-order valence-electron chi connectivity index (χ0n) is 13.0. The molecule has 0 aromatic heterocycles. The summed E-state index contributed by atoms with van der Waals surface area (Å²) < 4.78 is 5.45. The number of carbonyl (C=O) groups excluding carboxylic acids is 1. The van der Waals surface area contributed by atoms with Crippen LogP contribution in [0, 0.1) is 16.0 Å². The van der Waals surface area contributed by atoms with Crippen molar-refractivity contribution in [2.24, 2.45) is 5.92 Å². The molecule has 0 bridgehead atoms. The lowest BCUT2D eigenvalue weighted by molar-refractivity contribution is -0.497. The van der Waals surface area contributed by atoms with Gasteiger partial charge in [-0.3, -0.25) is 19.8 Å². The Morgan fingerprint density at radius 3 is 2.55 bits per heavy atom. The minimum Gasteiger partial charge on any atom is -0.379 e. The molecular weight excluding hydrogens is 286 g/mol. The van der Waals surface area contributed by atoms with Gasteiger partial charge in [-0.05, 0) is 12.8 Å². The van der Waals surface area contributed by atoms with Crippen LogP contribution in [0.5, 0.6) is 0 Å². The quantitative estimate of drug-likeness (QED) is 0.600. The summed E-state index contributed by atoms with van der Waals surface area (Å²) in [5.74, 6) is -0.555. The van der Waals surface area contributed by atoms with Gasteiger partial charge in [0.1, 0.15) is 5.92 Å². The molecule has 0 aromatic rings. The van der Waals surface area contributed by atoms with Gasteiger partial charge in [0.15, 0.2) is 0 Å². The van der Waals surface area contributed by atoms with E-state index in [9.17, 15) is 14.9 Å². The van der Waals surface area contributed by atoms with Crippen LogP contribution >= 0.6 is 0 Å². The molecule has 2 aliphatic carbocycles. The Morgan fingerprint density at radius 1 is 1.27 bits per heavy atom. The second-order valence-corrected chi connectivity index (χ2v) is 6.80. The van der Waals surface area contributed by atoms with Crippen molar-refractivity contribution in [1.82, 2.24) is 10.2 Å². The van der Waals surface area contributed by atoms with Crippen LogP contribution in [0.1, 0.15) is 38.5 Å². The molecule has 1 aliphatic heterocycles. The topological polar surface area (TPSA) is 84.7 Å². The van der Waals surface area contributed by atoms with Crippen molar-refractivity contribution in [2.75, 3.05) is 32.8 Å². The smallest absolute Gasteiger partial charge is 0.230 e. The van der Waals surface area contributed by atoms with E-state index in [1.54, 1.807) is 0 Å². The fraction of sp³-hybridized carbons (Fsp3) is 0.933. The van der Waals surface area contributed by atoms with E-state index in [1.165, 1.54) is 19.3 Å². The molecule has 3 aliphatic rings. The predicted octanol–water partition coefficient (Wildman–Crippen LogP) is 0.803. The van der Waals surface area contributed by atoms with E-state index in [1.807, 2.05) is 0 Å². The highest BCUT2D eigenvalue weighted by Gasteiger charge is 2.53. The average Bonchev–Trinajstić information content (AvgIpc) is 3.35. The highest BCUT2D eigenvalue weighted by molar-refractivity contribution is 5.82. The Balaban J connectivity index is 1.58. The van der Waals surface area contributed by atoms with Crippen molar-refractivity contribution in [3.63, 3.8) is 0 Å². The number of hydrogen-bond donors (Lipinski definition) is 1. The molecule has 0 radical (unpaired) electrons. The number of morpholine rings is 1. The minimum absolute atomic E-state index is 0.0245. The molecule has 124 valence electrons. The molecule has 3 rings (SSSR count). The summed E-state index contributed by atoms with van der Waals surface area (Å²) in [4.78, 5) is 25.0. The molecule has 22 heavy (non-hydrogen) atoms. The number of nitrogens with zero attached hydrogens (tertiary/aromatic N) is 2. The van der Waals surface area contributed by atoms with Crippen molar-refractivity contribution in [3.8, 4) is 0 Å². The van der Waals surface area contributed by atoms with Gasteiger partial charge in [-0.2, -0.15) is 0 Å². The van der Waals surface area contributed by atoms with Crippen molar-refractivity contribution in [3.05, 3.63) is 10.1 Å². The van der Waals surface area contributed by atoms with E-state index in [-0.39, 0.29) is 16.4 Å². The standard InChI is InChI=1S/C15H25N3O4/c19-14(12-10-13(12)18(20)21)16-11-15(4-2-1-3-5-15)17-6-8-22-9-7-17/h12-13H,1-11H2,(H,16,19)/t12-,13-/m0/s1. The van der Waals surface area contributed by atoms with E-state index in [0.29, 0.717) is 13.0 Å². The SMILES string of the molecule is O=C(NCC1(N2CCOCC2)CCCCC1)[C@H]1C[C@@H]1[N+](=O)[O-]. The lowest BCUT2D eigenvalue weighted by Gasteiger charge is -2.48. The molecule has 1 heterocycles. The fourth-order valence-corrected chi connectivity index (χ4v) is 3.93. The summed E-state index contributed by atoms with van der Waals surface area (Å²) in [6.07, 6.45) is 6.21. The summed E-state index contributed by atoms with van der Waals surface area (Å²) in [6.45, 7) is 3.95. The van der Waals surface area contributed by atoms with Gasteiger partial charge < -0.3 is 10.1 Å².